The maximum Gasteiger partial charge on any atom is 0.312 e. The summed E-state index contributed by atoms with van der Waals surface area (Å²) in [6.45, 7) is 1.41. The van der Waals surface area contributed by atoms with E-state index >= 15 is 0 Å². The van der Waals surface area contributed by atoms with Gasteiger partial charge in [0.15, 0.2) is 5.82 Å². The molecule has 2 aliphatic rings. The van der Waals surface area contributed by atoms with E-state index in [1.54, 1.807) is 29.7 Å². The minimum atomic E-state index is -0.451. The maximum absolute atomic E-state index is 12.3. The molecule has 124 valence electrons. The molecule has 2 amide bonds. The average molecular weight is 327 g/mol. The predicted molar refractivity (Wildman–Crippen MR) is 81.7 cm³/mol. The number of amides is 2. The Bertz CT molecular complexity index is 740. The van der Waals surface area contributed by atoms with Crippen molar-refractivity contribution in [3.8, 4) is 5.82 Å². The summed E-state index contributed by atoms with van der Waals surface area (Å²) in [5.41, 5.74) is 0.629. The number of piperazine rings is 1. The van der Waals surface area contributed by atoms with Crippen molar-refractivity contribution >= 4 is 11.8 Å². The number of aromatic nitrogens is 5. The Morgan fingerprint density at radius 2 is 1.79 bits per heavy atom. The average Bonchev–Trinajstić information content (AvgIpc) is 3.08. The first-order valence-electron chi connectivity index (χ1n) is 8.00. The van der Waals surface area contributed by atoms with Gasteiger partial charge in [0.2, 0.25) is 0 Å². The molecular weight excluding hydrogens is 310 g/mol. The summed E-state index contributed by atoms with van der Waals surface area (Å²) in [4.78, 5) is 37.7. The van der Waals surface area contributed by atoms with Crippen LogP contribution in [0.3, 0.4) is 0 Å². The zero-order valence-electron chi connectivity index (χ0n) is 13.1. The van der Waals surface area contributed by atoms with Crippen molar-refractivity contribution in [1.29, 1.82) is 0 Å². The molecule has 0 atom stereocenters. The topological polar surface area (TPSA) is 97.1 Å². The lowest BCUT2D eigenvalue weighted by atomic mass is 9.91. The highest BCUT2D eigenvalue weighted by molar-refractivity contribution is 6.35. The molecule has 1 aliphatic heterocycles. The van der Waals surface area contributed by atoms with E-state index in [1.165, 1.54) is 9.70 Å². The summed E-state index contributed by atoms with van der Waals surface area (Å²) in [6.07, 6.45) is 9.39. The summed E-state index contributed by atoms with van der Waals surface area (Å²) in [6, 6.07) is 0.254. The van der Waals surface area contributed by atoms with Crippen LogP contribution in [0, 0.1) is 0 Å². The Morgan fingerprint density at radius 3 is 2.42 bits per heavy atom. The van der Waals surface area contributed by atoms with Crippen LogP contribution in [0.4, 0.5) is 0 Å². The highest BCUT2D eigenvalue weighted by Crippen LogP contribution is 2.26. The van der Waals surface area contributed by atoms with Gasteiger partial charge in [0, 0.05) is 19.1 Å². The highest BCUT2D eigenvalue weighted by Gasteiger charge is 2.38. The van der Waals surface area contributed by atoms with E-state index in [0.717, 1.165) is 19.3 Å². The standard InChI is InChI=1S/C15H17N7O2/c23-14-15(24)21(12-2-1-3-12)7-6-20(14)10-11-8-17-13(9-16-11)22-18-4-5-19-22/h4-5,8-9,12H,1-3,6-7,10H2. The van der Waals surface area contributed by atoms with Gasteiger partial charge < -0.3 is 9.80 Å². The number of hydrogen-bond acceptors (Lipinski definition) is 6. The minimum absolute atomic E-state index is 0.254. The van der Waals surface area contributed by atoms with Gasteiger partial charge in [-0.25, -0.2) is 4.98 Å². The quantitative estimate of drug-likeness (QED) is 0.720. The van der Waals surface area contributed by atoms with Gasteiger partial charge in [-0.1, -0.05) is 0 Å². The van der Waals surface area contributed by atoms with E-state index in [-0.39, 0.29) is 12.6 Å². The molecule has 0 bridgehead atoms. The Kier molecular flexibility index (Phi) is 3.68. The third kappa shape index (κ3) is 2.61. The second-order valence-corrected chi connectivity index (χ2v) is 5.99. The van der Waals surface area contributed by atoms with Crippen molar-refractivity contribution in [3.63, 3.8) is 0 Å². The number of rotatable bonds is 4. The molecule has 0 N–H and O–H groups in total. The third-order valence-corrected chi connectivity index (χ3v) is 4.53. The van der Waals surface area contributed by atoms with Crippen molar-refractivity contribution in [1.82, 2.24) is 34.8 Å². The summed E-state index contributed by atoms with van der Waals surface area (Å²) in [5.74, 6) is -0.343. The van der Waals surface area contributed by atoms with Gasteiger partial charge in [0.1, 0.15) is 0 Å². The fourth-order valence-electron chi connectivity index (χ4n) is 2.95. The van der Waals surface area contributed by atoms with E-state index in [0.29, 0.717) is 24.6 Å². The molecule has 1 saturated carbocycles. The first-order chi connectivity index (χ1) is 11.7. The van der Waals surface area contributed by atoms with Crippen molar-refractivity contribution in [2.75, 3.05) is 13.1 Å². The molecule has 0 aromatic carbocycles. The Labute approximate surface area is 138 Å². The molecule has 9 heteroatoms. The minimum Gasteiger partial charge on any atom is -0.330 e. The molecule has 1 aliphatic carbocycles. The van der Waals surface area contributed by atoms with Gasteiger partial charge in [-0.3, -0.25) is 14.6 Å². The van der Waals surface area contributed by atoms with E-state index in [1.807, 2.05) is 0 Å². The smallest absolute Gasteiger partial charge is 0.312 e. The van der Waals surface area contributed by atoms with E-state index in [9.17, 15) is 9.59 Å². The van der Waals surface area contributed by atoms with Gasteiger partial charge >= 0.3 is 11.8 Å². The van der Waals surface area contributed by atoms with Crippen LogP contribution < -0.4 is 0 Å². The number of carbonyl (C=O) groups excluding carboxylic acids is 2. The summed E-state index contributed by atoms with van der Waals surface area (Å²) in [5, 5.41) is 7.96. The molecule has 2 aromatic rings. The van der Waals surface area contributed by atoms with Crippen molar-refractivity contribution in [3.05, 3.63) is 30.5 Å². The number of hydrogen-bond donors (Lipinski definition) is 0. The van der Waals surface area contributed by atoms with Gasteiger partial charge in [-0.05, 0) is 19.3 Å². The molecule has 2 aromatic heterocycles. The highest BCUT2D eigenvalue weighted by atomic mass is 16.2. The second kappa shape index (κ2) is 5.99. The van der Waals surface area contributed by atoms with Gasteiger partial charge in [0.05, 0.1) is 37.0 Å². The Hall–Kier alpha value is -2.84. The fraction of sp³-hybridized carbons (Fsp3) is 0.467. The number of carbonyl (C=O) groups is 2. The molecule has 1 saturated heterocycles. The van der Waals surface area contributed by atoms with E-state index in [4.69, 9.17) is 0 Å². The molecule has 24 heavy (non-hydrogen) atoms. The second-order valence-electron chi connectivity index (χ2n) is 5.99. The van der Waals surface area contributed by atoms with Crippen LogP contribution in [0.25, 0.3) is 5.82 Å². The monoisotopic (exact) mass is 327 g/mol. The van der Waals surface area contributed by atoms with E-state index in [2.05, 4.69) is 20.2 Å². The lowest BCUT2D eigenvalue weighted by Crippen LogP contribution is -2.58. The summed E-state index contributed by atoms with van der Waals surface area (Å²) >= 11 is 0. The Balaban J connectivity index is 1.42. The van der Waals surface area contributed by atoms with Crippen LogP contribution in [0.15, 0.2) is 24.8 Å². The molecule has 0 radical (unpaired) electrons. The molecule has 3 heterocycles. The van der Waals surface area contributed by atoms with Gasteiger partial charge in [-0.15, -0.1) is 4.80 Å². The molecular formula is C15H17N7O2. The van der Waals surface area contributed by atoms with Crippen LogP contribution in [-0.2, 0) is 16.1 Å². The number of nitrogens with zero attached hydrogens (tertiary/aromatic N) is 7. The first kappa shape index (κ1) is 14.7. The molecule has 9 nitrogen and oxygen atoms in total. The maximum atomic E-state index is 12.3. The Morgan fingerprint density at radius 1 is 1.00 bits per heavy atom. The third-order valence-electron chi connectivity index (χ3n) is 4.53. The zero-order chi connectivity index (χ0) is 16.5. The van der Waals surface area contributed by atoms with Gasteiger partial charge in [0.25, 0.3) is 0 Å². The summed E-state index contributed by atoms with van der Waals surface area (Å²) in [7, 11) is 0. The molecule has 0 spiro atoms. The largest absolute Gasteiger partial charge is 0.330 e. The van der Waals surface area contributed by atoms with Crippen LogP contribution in [-0.4, -0.2) is 65.7 Å². The summed E-state index contributed by atoms with van der Waals surface area (Å²) < 4.78 is 0. The predicted octanol–water partition coefficient (Wildman–Crippen LogP) is -0.219. The van der Waals surface area contributed by atoms with Crippen LogP contribution >= 0.6 is 0 Å². The van der Waals surface area contributed by atoms with Crippen molar-refractivity contribution < 1.29 is 9.59 Å². The SMILES string of the molecule is O=C1C(=O)N(C2CCC2)CCN1Cc1cnc(-n2nccn2)cn1. The molecule has 2 fully saturated rings. The lowest BCUT2D eigenvalue weighted by Gasteiger charge is -2.42. The fourth-order valence-corrected chi connectivity index (χ4v) is 2.95. The lowest BCUT2D eigenvalue weighted by molar-refractivity contribution is -0.159. The van der Waals surface area contributed by atoms with Crippen molar-refractivity contribution in [2.45, 2.75) is 31.8 Å². The normalized spacial score (nSPS) is 18.8. The van der Waals surface area contributed by atoms with Crippen LogP contribution in [0.1, 0.15) is 25.0 Å². The van der Waals surface area contributed by atoms with E-state index < -0.39 is 11.8 Å². The van der Waals surface area contributed by atoms with Crippen molar-refractivity contribution in [2.24, 2.45) is 0 Å². The zero-order valence-corrected chi connectivity index (χ0v) is 13.1. The van der Waals surface area contributed by atoms with Crippen LogP contribution in [0.5, 0.6) is 0 Å². The van der Waals surface area contributed by atoms with Crippen LogP contribution in [0.2, 0.25) is 0 Å². The molecule has 4 rings (SSSR count). The first-order valence-corrected chi connectivity index (χ1v) is 8.00. The molecule has 0 unspecified atom stereocenters. The van der Waals surface area contributed by atoms with Gasteiger partial charge in [-0.2, -0.15) is 10.2 Å².